The van der Waals surface area contributed by atoms with Crippen molar-refractivity contribution in [2.45, 2.75) is 19.8 Å². The van der Waals surface area contributed by atoms with Crippen LogP contribution in [0.2, 0.25) is 0 Å². The first-order valence-electron chi connectivity index (χ1n) is 6.41. The van der Waals surface area contributed by atoms with Crippen LogP contribution in [0.3, 0.4) is 0 Å². The van der Waals surface area contributed by atoms with E-state index in [-0.39, 0.29) is 0 Å². The van der Waals surface area contributed by atoms with Crippen molar-refractivity contribution in [2.24, 2.45) is 5.92 Å². The van der Waals surface area contributed by atoms with Gasteiger partial charge in [0.15, 0.2) is 0 Å². The SMILES string of the molecule is CCNc1cccc(NCCOCC2CC2)n1. The lowest BCUT2D eigenvalue weighted by atomic mass is 10.4. The Labute approximate surface area is 103 Å². The fourth-order valence-electron chi connectivity index (χ4n) is 1.60. The van der Waals surface area contributed by atoms with Gasteiger partial charge in [0, 0.05) is 19.7 Å². The van der Waals surface area contributed by atoms with E-state index in [0.29, 0.717) is 0 Å². The van der Waals surface area contributed by atoms with Gasteiger partial charge in [-0.2, -0.15) is 0 Å². The van der Waals surface area contributed by atoms with Crippen LogP contribution >= 0.6 is 0 Å². The van der Waals surface area contributed by atoms with Crippen molar-refractivity contribution in [2.75, 3.05) is 36.9 Å². The summed E-state index contributed by atoms with van der Waals surface area (Å²) in [6.07, 6.45) is 2.69. The van der Waals surface area contributed by atoms with E-state index in [9.17, 15) is 0 Å². The normalized spacial score (nSPS) is 14.6. The molecule has 0 aliphatic heterocycles. The first-order valence-corrected chi connectivity index (χ1v) is 6.41. The number of pyridine rings is 1. The Morgan fingerprint density at radius 1 is 1.29 bits per heavy atom. The molecule has 2 rings (SSSR count). The Kier molecular flexibility index (Phi) is 4.62. The van der Waals surface area contributed by atoms with Crippen molar-refractivity contribution in [3.05, 3.63) is 18.2 Å². The average Bonchev–Trinajstić information content (AvgIpc) is 3.14. The second-order valence-electron chi connectivity index (χ2n) is 4.38. The Hall–Kier alpha value is -1.29. The van der Waals surface area contributed by atoms with Gasteiger partial charge >= 0.3 is 0 Å². The van der Waals surface area contributed by atoms with Crippen molar-refractivity contribution >= 4 is 11.6 Å². The molecule has 0 unspecified atom stereocenters. The molecular weight excluding hydrogens is 214 g/mol. The number of aromatic nitrogens is 1. The van der Waals surface area contributed by atoms with Crippen LogP contribution in [-0.4, -0.2) is 31.3 Å². The molecule has 0 aromatic carbocycles. The third kappa shape index (κ3) is 4.61. The largest absolute Gasteiger partial charge is 0.379 e. The van der Waals surface area contributed by atoms with Gasteiger partial charge in [0.25, 0.3) is 0 Å². The van der Waals surface area contributed by atoms with E-state index in [4.69, 9.17) is 4.74 Å². The van der Waals surface area contributed by atoms with Crippen LogP contribution in [0.1, 0.15) is 19.8 Å². The third-order valence-corrected chi connectivity index (χ3v) is 2.71. The van der Waals surface area contributed by atoms with Crippen LogP contribution in [0, 0.1) is 5.92 Å². The number of nitrogens with one attached hydrogen (secondary N) is 2. The van der Waals surface area contributed by atoms with Gasteiger partial charge < -0.3 is 15.4 Å². The van der Waals surface area contributed by atoms with Crippen LogP contribution in [0.15, 0.2) is 18.2 Å². The number of nitrogens with zero attached hydrogens (tertiary/aromatic N) is 1. The molecule has 17 heavy (non-hydrogen) atoms. The first kappa shape index (κ1) is 12.2. The summed E-state index contributed by atoms with van der Waals surface area (Å²) in [5, 5.41) is 6.45. The van der Waals surface area contributed by atoms with Crippen LogP contribution in [0.25, 0.3) is 0 Å². The molecule has 0 bridgehead atoms. The van der Waals surface area contributed by atoms with E-state index in [0.717, 1.165) is 43.9 Å². The molecule has 1 aliphatic carbocycles. The van der Waals surface area contributed by atoms with Gasteiger partial charge in [-0.25, -0.2) is 4.98 Å². The zero-order valence-corrected chi connectivity index (χ0v) is 10.4. The topological polar surface area (TPSA) is 46.2 Å². The second kappa shape index (κ2) is 6.45. The van der Waals surface area contributed by atoms with E-state index < -0.39 is 0 Å². The van der Waals surface area contributed by atoms with E-state index in [1.54, 1.807) is 0 Å². The summed E-state index contributed by atoms with van der Waals surface area (Å²) in [6, 6.07) is 5.94. The summed E-state index contributed by atoms with van der Waals surface area (Å²) < 4.78 is 5.55. The fourth-order valence-corrected chi connectivity index (χ4v) is 1.60. The molecule has 1 aromatic heterocycles. The van der Waals surface area contributed by atoms with Crippen LogP contribution in [-0.2, 0) is 4.74 Å². The van der Waals surface area contributed by atoms with Crippen molar-refractivity contribution in [1.29, 1.82) is 0 Å². The first-order chi connectivity index (χ1) is 8.38. The molecule has 1 heterocycles. The molecule has 4 heteroatoms. The molecular formula is C13H21N3O. The van der Waals surface area contributed by atoms with E-state index in [2.05, 4.69) is 22.5 Å². The number of anilines is 2. The van der Waals surface area contributed by atoms with Crippen molar-refractivity contribution in [3.63, 3.8) is 0 Å². The predicted octanol–water partition coefficient (Wildman–Crippen LogP) is 2.35. The summed E-state index contributed by atoms with van der Waals surface area (Å²) in [5.74, 6) is 2.65. The van der Waals surface area contributed by atoms with E-state index >= 15 is 0 Å². The molecule has 1 saturated carbocycles. The minimum absolute atomic E-state index is 0.754. The smallest absolute Gasteiger partial charge is 0.128 e. The molecule has 1 aromatic rings. The minimum Gasteiger partial charge on any atom is -0.379 e. The number of rotatable bonds is 8. The molecule has 2 N–H and O–H groups in total. The predicted molar refractivity (Wildman–Crippen MR) is 70.4 cm³/mol. The van der Waals surface area contributed by atoms with Crippen molar-refractivity contribution in [1.82, 2.24) is 4.98 Å². The summed E-state index contributed by atoms with van der Waals surface area (Å²) in [6.45, 7) is 5.44. The summed E-state index contributed by atoms with van der Waals surface area (Å²) in [5.41, 5.74) is 0. The molecule has 1 aliphatic rings. The van der Waals surface area contributed by atoms with E-state index in [1.165, 1.54) is 12.8 Å². The highest BCUT2D eigenvalue weighted by molar-refractivity contribution is 5.44. The van der Waals surface area contributed by atoms with Gasteiger partial charge in [-0.3, -0.25) is 0 Å². The Bertz CT molecular complexity index is 339. The maximum Gasteiger partial charge on any atom is 0.128 e. The van der Waals surface area contributed by atoms with Crippen LogP contribution in [0.4, 0.5) is 11.6 Å². The number of ether oxygens (including phenoxy) is 1. The molecule has 0 saturated heterocycles. The lowest BCUT2D eigenvalue weighted by Gasteiger charge is -2.08. The Morgan fingerprint density at radius 3 is 2.76 bits per heavy atom. The third-order valence-electron chi connectivity index (χ3n) is 2.71. The lowest BCUT2D eigenvalue weighted by molar-refractivity contribution is 0.134. The van der Waals surface area contributed by atoms with Gasteiger partial charge in [0.05, 0.1) is 6.61 Å². The zero-order valence-electron chi connectivity index (χ0n) is 10.4. The molecule has 0 spiro atoms. The van der Waals surface area contributed by atoms with Gasteiger partial charge in [0.2, 0.25) is 0 Å². The monoisotopic (exact) mass is 235 g/mol. The summed E-state index contributed by atoms with van der Waals surface area (Å²) in [7, 11) is 0. The van der Waals surface area contributed by atoms with Gasteiger partial charge in [-0.1, -0.05) is 6.07 Å². The minimum atomic E-state index is 0.754. The highest BCUT2D eigenvalue weighted by Gasteiger charge is 2.20. The lowest BCUT2D eigenvalue weighted by Crippen LogP contribution is -2.12. The van der Waals surface area contributed by atoms with Crippen molar-refractivity contribution < 1.29 is 4.74 Å². The summed E-state index contributed by atoms with van der Waals surface area (Å²) in [4.78, 5) is 4.43. The Morgan fingerprint density at radius 2 is 2.06 bits per heavy atom. The quantitative estimate of drug-likeness (QED) is 0.679. The number of hydrogen-bond donors (Lipinski definition) is 2. The van der Waals surface area contributed by atoms with Gasteiger partial charge in [-0.15, -0.1) is 0 Å². The maximum atomic E-state index is 5.55. The fraction of sp³-hybridized carbons (Fsp3) is 0.615. The molecule has 4 nitrogen and oxygen atoms in total. The second-order valence-corrected chi connectivity index (χ2v) is 4.38. The molecule has 1 fully saturated rings. The van der Waals surface area contributed by atoms with E-state index in [1.807, 2.05) is 18.2 Å². The van der Waals surface area contributed by atoms with Gasteiger partial charge in [-0.05, 0) is 37.8 Å². The van der Waals surface area contributed by atoms with Gasteiger partial charge in [0.1, 0.15) is 11.6 Å². The Balaban J connectivity index is 1.64. The highest BCUT2D eigenvalue weighted by atomic mass is 16.5. The zero-order chi connectivity index (χ0) is 11.9. The number of hydrogen-bond acceptors (Lipinski definition) is 4. The summed E-state index contributed by atoms with van der Waals surface area (Å²) >= 11 is 0. The van der Waals surface area contributed by atoms with Crippen LogP contribution in [0.5, 0.6) is 0 Å². The molecule has 0 amide bonds. The maximum absolute atomic E-state index is 5.55. The highest BCUT2D eigenvalue weighted by Crippen LogP contribution is 2.28. The molecule has 0 radical (unpaired) electrons. The van der Waals surface area contributed by atoms with Crippen LogP contribution < -0.4 is 10.6 Å². The molecule has 94 valence electrons. The average molecular weight is 235 g/mol. The molecule has 0 atom stereocenters. The standard InChI is InChI=1S/C13H21N3O/c1-2-14-12-4-3-5-13(16-12)15-8-9-17-10-11-6-7-11/h3-5,11H,2,6-10H2,1H3,(H2,14,15,16). The van der Waals surface area contributed by atoms with Crippen molar-refractivity contribution in [3.8, 4) is 0 Å².